The number of hydrogen-bond acceptors (Lipinski definition) is 3. The van der Waals surface area contributed by atoms with Gasteiger partial charge in [0.1, 0.15) is 4.90 Å². The van der Waals surface area contributed by atoms with Crippen LogP contribution in [0.2, 0.25) is 18.1 Å². The summed E-state index contributed by atoms with van der Waals surface area (Å²) >= 11 is 3.04. The zero-order chi connectivity index (χ0) is 20.5. The van der Waals surface area contributed by atoms with E-state index in [1.165, 1.54) is 18.2 Å². The van der Waals surface area contributed by atoms with E-state index in [1.807, 2.05) is 0 Å². The molecule has 8 heteroatoms. The minimum atomic E-state index is -3.86. The van der Waals surface area contributed by atoms with Gasteiger partial charge in [0.2, 0.25) is 10.0 Å². The maximum absolute atomic E-state index is 14.1. The van der Waals surface area contributed by atoms with Crippen LogP contribution in [0, 0.1) is 11.7 Å². The molecule has 0 spiro atoms. The first kappa shape index (κ1) is 23.0. The van der Waals surface area contributed by atoms with Gasteiger partial charge in [-0.2, -0.15) is 0 Å². The summed E-state index contributed by atoms with van der Waals surface area (Å²) in [6.45, 7) is 11.9. The number of halogens is 2. The van der Waals surface area contributed by atoms with E-state index in [1.54, 1.807) is 0 Å². The number of sulfonamides is 1. The molecule has 27 heavy (non-hydrogen) atoms. The SMILES string of the molecule is CC(C)(C)[Si](C)(C)OCC1CCC(NS(=O)(=O)c2cccc(Br)c2F)CC1. The Balaban J connectivity index is 1.90. The minimum Gasteiger partial charge on any atom is -0.417 e. The lowest BCUT2D eigenvalue weighted by molar-refractivity contribution is 0.183. The predicted molar refractivity (Wildman–Crippen MR) is 113 cm³/mol. The fourth-order valence-corrected chi connectivity index (χ4v) is 5.95. The van der Waals surface area contributed by atoms with Crippen LogP contribution in [-0.4, -0.2) is 29.4 Å². The van der Waals surface area contributed by atoms with Gasteiger partial charge in [0.25, 0.3) is 0 Å². The molecule has 1 aliphatic rings. The molecule has 0 radical (unpaired) electrons. The highest BCUT2D eigenvalue weighted by atomic mass is 79.9. The number of hydrogen-bond donors (Lipinski definition) is 1. The average molecular weight is 481 g/mol. The molecule has 1 aliphatic carbocycles. The highest BCUT2D eigenvalue weighted by molar-refractivity contribution is 9.10. The van der Waals surface area contributed by atoms with E-state index in [9.17, 15) is 12.8 Å². The van der Waals surface area contributed by atoms with Crippen molar-refractivity contribution in [1.82, 2.24) is 4.72 Å². The fraction of sp³-hybridized carbons (Fsp3) is 0.684. The molecule has 0 amide bonds. The van der Waals surface area contributed by atoms with Gasteiger partial charge in [0.05, 0.1) is 4.47 Å². The van der Waals surface area contributed by atoms with E-state index >= 15 is 0 Å². The second-order valence-corrected chi connectivity index (χ2v) is 16.3. The third kappa shape index (κ3) is 5.85. The van der Waals surface area contributed by atoms with E-state index in [0.717, 1.165) is 32.3 Å². The standard InChI is InChI=1S/C19H31BrFNO3SSi/c1-19(2,3)27(4,5)25-13-14-9-11-15(12-10-14)22-26(23,24)17-8-6-7-16(20)18(17)21/h6-8,14-15,22H,9-13H2,1-5H3. The van der Waals surface area contributed by atoms with Gasteiger partial charge in [-0.3, -0.25) is 0 Å². The van der Waals surface area contributed by atoms with Crippen molar-refractivity contribution in [1.29, 1.82) is 0 Å². The highest BCUT2D eigenvalue weighted by Gasteiger charge is 2.38. The van der Waals surface area contributed by atoms with Crippen molar-refractivity contribution >= 4 is 34.3 Å². The summed E-state index contributed by atoms with van der Waals surface area (Å²) < 4.78 is 48.3. The molecule has 4 nitrogen and oxygen atoms in total. The first-order chi connectivity index (χ1) is 12.3. The lowest BCUT2D eigenvalue weighted by atomic mass is 9.87. The Morgan fingerprint density at radius 3 is 2.37 bits per heavy atom. The molecule has 0 aliphatic heterocycles. The third-order valence-electron chi connectivity index (χ3n) is 5.86. The van der Waals surface area contributed by atoms with Crippen LogP contribution < -0.4 is 4.72 Å². The van der Waals surface area contributed by atoms with Crippen molar-refractivity contribution in [3.63, 3.8) is 0 Å². The maximum Gasteiger partial charge on any atom is 0.243 e. The van der Waals surface area contributed by atoms with Crippen LogP contribution in [0.5, 0.6) is 0 Å². The van der Waals surface area contributed by atoms with Crippen LogP contribution in [0.1, 0.15) is 46.5 Å². The molecule has 1 N–H and O–H groups in total. The number of rotatable bonds is 6. The average Bonchev–Trinajstić information content (AvgIpc) is 2.55. The summed E-state index contributed by atoms with van der Waals surface area (Å²) in [6.07, 6.45) is 3.34. The smallest absolute Gasteiger partial charge is 0.243 e. The van der Waals surface area contributed by atoms with Gasteiger partial charge in [0.15, 0.2) is 14.1 Å². The summed E-state index contributed by atoms with van der Waals surface area (Å²) in [6, 6.07) is 4.15. The Morgan fingerprint density at radius 2 is 1.81 bits per heavy atom. The predicted octanol–water partition coefficient (Wildman–Crippen LogP) is 5.45. The summed E-state index contributed by atoms with van der Waals surface area (Å²) in [4.78, 5) is -0.305. The van der Waals surface area contributed by atoms with Crippen molar-refractivity contribution in [2.75, 3.05) is 6.61 Å². The molecule has 0 aromatic heterocycles. The molecule has 1 aromatic carbocycles. The van der Waals surface area contributed by atoms with Gasteiger partial charge >= 0.3 is 0 Å². The van der Waals surface area contributed by atoms with Gasteiger partial charge < -0.3 is 4.43 Å². The summed E-state index contributed by atoms with van der Waals surface area (Å²) in [5, 5.41) is 0.188. The highest BCUT2D eigenvalue weighted by Crippen LogP contribution is 2.37. The molecule has 0 heterocycles. The topological polar surface area (TPSA) is 55.4 Å². The maximum atomic E-state index is 14.1. The van der Waals surface area contributed by atoms with Crippen molar-refractivity contribution in [3.05, 3.63) is 28.5 Å². The first-order valence-electron chi connectivity index (χ1n) is 9.44. The normalized spacial score (nSPS) is 22.0. The van der Waals surface area contributed by atoms with Crippen LogP contribution in [0.3, 0.4) is 0 Å². The first-order valence-corrected chi connectivity index (χ1v) is 14.6. The summed E-state index contributed by atoms with van der Waals surface area (Å²) in [5.74, 6) is -0.288. The van der Waals surface area contributed by atoms with Gasteiger partial charge in [-0.05, 0) is 77.8 Å². The zero-order valence-electron chi connectivity index (χ0n) is 16.8. The lowest BCUT2D eigenvalue weighted by Crippen LogP contribution is -2.43. The van der Waals surface area contributed by atoms with E-state index < -0.39 is 24.2 Å². The van der Waals surface area contributed by atoms with Gasteiger partial charge in [-0.15, -0.1) is 0 Å². The van der Waals surface area contributed by atoms with Crippen LogP contribution in [-0.2, 0) is 14.4 Å². The monoisotopic (exact) mass is 479 g/mol. The Kier molecular flexibility index (Phi) is 7.33. The van der Waals surface area contributed by atoms with Crippen LogP contribution in [0.25, 0.3) is 0 Å². The summed E-state index contributed by atoms with van der Waals surface area (Å²) in [7, 11) is -5.62. The Hall–Kier alpha value is -0.283. The van der Waals surface area contributed by atoms with Crippen LogP contribution >= 0.6 is 15.9 Å². The summed E-state index contributed by atoms with van der Waals surface area (Å²) in [5.41, 5.74) is 0. The molecular weight excluding hydrogens is 449 g/mol. The molecule has 2 rings (SSSR count). The zero-order valence-corrected chi connectivity index (χ0v) is 20.2. The van der Waals surface area contributed by atoms with Crippen molar-refractivity contribution < 1.29 is 17.2 Å². The quantitative estimate of drug-likeness (QED) is 0.551. The van der Waals surface area contributed by atoms with Crippen molar-refractivity contribution in [3.8, 4) is 0 Å². The molecular formula is C19H31BrFNO3SSi. The van der Waals surface area contributed by atoms with Gasteiger partial charge in [0, 0.05) is 12.6 Å². The van der Waals surface area contributed by atoms with Gasteiger partial charge in [-0.1, -0.05) is 26.8 Å². The van der Waals surface area contributed by atoms with Crippen molar-refractivity contribution in [2.45, 2.75) is 75.5 Å². The molecule has 0 unspecified atom stereocenters. The Morgan fingerprint density at radius 1 is 1.22 bits per heavy atom. The van der Waals surface area contributed by atoms with Gasteiger partial charge in [-0.25, -0.2) is 17.5 Å². The second-order valence-electron chi connectivity index (χ2n) is 8.96. The number of nitrogens with one attached hydrogen (secondary N) is 1. The fourth-order valence-electron chi connectivity index (χ4n) is 2.96. The van der Waals surface area contributed by atoms with E-state index in [-0.39, 0.29) is 20.4 Å². The van der Waals surface area contributed by atoms with Crippen LogP contribution in [0.15, 0.2) is 27.6 Å². The molecule has 1 saturated carbocycles. The van der Waals surface area contributed by atoms with E-state index in [2.05, 4.69) is 54.5 Å². The van der Waals surface area contributed by atoms with E-state index in [0.29, 0.717) is 5.92 Å². The van der Waals surface area contributed by atoms with Crippen LogP contribution in [0.4, 0.5) is 4.39 Å². The minimum absolute atomic E-state index is 0.150. The molecule has 0 atom stereocenters. The molecule has 1 aromatic rings. The Bertz CT molecular complexity index is 757. The Labute approximate surface area is 172 Å². The molecule has 0 bridgehead atoms. The lowest BCUT2D eigenvalue weighted by Gasteiger charge is -2.38. The molecule has 1 fully saturated rings. The van der Waals surface area contributed by atoms with E-state index in [4.69, 9.17) is 4.43 Å². The van der Waals surface area contributed by atoms with Crippen molar-refractivity contribution in [2.24, 2.45) is 5.92 Å². The molecule has 154 valence electrons. The largest absolute Gasteiger partial charge is 0.417 e. The number of benzene rings is 1. The second kappa shape index (κ2) is 8.61. The third-order valence-corrected chi connectivity index (χ3v) is 12.5. The molecule has 0 saturated heterocycles.